The minimum absolute atomic E-state index is 0.907. The quantitative estimate of drug-likeness (QED) is 0.199. The summed E-state index contributed by atoms with van der Waals surface area (Å²) in [5, 5.41) is 8.54. The molecule has 0 aliphatic rings. The maximum Gasteiger partial charge on any atom is 0.165 e. The van der Waals surface area contributed by atoms with Crippen molar-refractivity contribution in [3.05, 3.63) is 115 Å². The summed E-state index contributed by atoms with van der Waals surface area (Å²) in [7, 11) is 0. The van der Waals surface area contributed by atoms with E-state index in [1.54, 1.807) is 0 Å². The summed E-state index contributed by atoms with van der Waals surface area (Å²) in [5.74, 6) is 0. The third-order valence-electron chi connectivity index (χ3n) is 9.10. The molecule has 5 aromatic heterocycles. The summed E-state index contributed by atoms with van der Waals surface area (Å²) < 4.78 is 11.1. The van der Waals surface area contributed by atoms with Crippen LogP contribution in [0.15, 0.2) is 120 Å². The van der Waals surface area contributed by atoms with Crippen molar-refractivity contribution in [1.29, 1.82) is 0 Å². The minimum atomic E-state index is 0.907. The Bertz CT molecular complexity index is 2960. The molecule has 0 aliphatic carbocycles. The number of para-hydroxylation sites is 3. The van der Waals surface area contributed by atoms with Gasteiger partial charge in [0.25, 0.3) is 0 Å². The average molecular weight is 566 g/mol. The van der Waals surface area contributed by atoms with Gasteiger partial charge in [0, 0.05) is 47.1 Å². The molecule has 6 aromatic carbocycles. The number of thiophene rings is 1. The number of hydrogen-bond donors (Lipinski definition) is 0. The van der Waals surface area contributed by atoms with E-state index in [-0.39, 0.29) is 0 Å². The predicted octanol–water partition coefficient (Wildman–Crippen LogP) is 10.7. The van der Waals surface area contributed by atoms with Crippen LogP contribution in [0.5, 0.6) is 0 Å². The van der Waals surface area contributed by atoms with Crippen LogP contribution in [0.2, 0.25) is 0 Å². The number of fused-ring (bicyclic) bond motifs is 14. The second-order valence-corrected chi connectivity index (χ2v) is 12.4. The van der Waals surface area contributed by atoms with Gasteiger partial charge in [-0.1, -0.05) is 66.7 Å². The maximum absolute atomic E-state index is 6.12. The van der Waals surface area contributed by atoms with Gasteiger partial charge in [-0.25, -0.2) is 9.97 Å². The van der Waals surface area contributed by atoms with Crippen LogP contribution in [-0.4, -0.2) is 14.4 Å². The van der Waals surface area contributed by atoms with Crippen LogP contribution in [-0.2, 0) is 0 Å². The maximum atomic E-state index is 6.12. The highest BCUT2D eigenvalue weighted by Crippen LogP contribution is 2.47. The summed E-state index contributed by atoms with van der Waals surface area (Å²) in [5.41, 5.74) is 10.2. The molecule has 11 aromatic rings. The zero-order valence-electron chi connectivity index (χ0n) is 22.6. The molecule has 0 saturated carbocycles. The lowest BCUT2D eigenvalue weighted by molar-refractivity contribution is 0.669. The number of hydrogen-bond acceptors (Lipinski definition) is 4. The van der Waals surface area contributed by atoms with Gasteiger partial charge in [0.2, 0.25) is 0 Å². The highest BCUT2D eigenvalue weighted by Gasteiger charge is 2.24. The normalized spacial score (nSPS) is 12.7. The van der Waals surface area contributed by atoms with Crippen LogP contribution in [0.3, 0.4) is 0 Å². The Balaban J connectivity index is 1.31. The Morgan fingerprint density at radius 3 is 2.23 bits per heavy atom. The van der Waals surface area contributed by atoms with E-state index in [4.69, 9.17) is 14.4 Å². The van der Waals surface area contributed by atoms with E-state index in [9.17, 15) is 0 Å². The summed E-state index contributed by atoms with van der Waals surface area (Å²) >= 11 is 1.88. The molecule has 0 bridgehead atoms. The monoisotopic (exact) mass is 565 g/mol. The number of aromatic nitrogens is 3. The standard InChI is InChI=1S/C38H19N3OS/c1-5-11-31-22(7-1)25-17-20(14-16-32(25)42-31)21-13-15-24-30(18-21)41-36-27(35-38(41)40-29-10-4-3-9-28(29)39-35)19-26-23-8-2-6-12-33(23)43-37(26)34(24)36/h1-19H. The third kappa shape index (κ3) is 2.75. The third-order valence-corrected chi connectivity index (χ3v) is 10.3. The Labute approximate surface area is 247 Å². The molecule has 198 valence electrons. The molecule has 0 radical (unpaired) electrons. The van der Waals surface area contributed by atoms with Gasteiger partial charge in [0.15, 0.2) is 5.65 Å². The zero-order valence-corrected chi connectivity index (χ0v) is 23.4. The van der Waals surface area contributed by atoms with Crippen LogP contribution >= 0.6 is 11.3 Å². The Morgan fingerprint density at radius 1 is 0.558 bits per heavy atom. The molecule has 43 heavy (non-hydrogen) atoms. The SMILES string of the molecule is c1ccc2nc3c(nc2c1)c1cc2c4ccccc4sc2c2c4ccc(-c5ccc6oc7ccccc7c6c5)cc4n3c12. The van der Waals surface area contributed by atoms with E-state index in [1.165, 1.54) is 36.5 Å². The lowest BCUT2D eigenvalue weighted by Crippen LogP contribution is -1.89. The van der Waals surface area contributed by atoms with Crippen molar-refractivity contribution < 1.29 is 4.42 Å². The molecular weight excluding hydrogens is 547 g/mol. The van der Waals surface area contributed by atoms with Gasteiger partial charge in [-0.05, 0) is 59.7 Å². The second-order valence-electron chi connectivity index (χ2n) is 11.4. The first-order valence-corrected chi connectivity index (χ1v) is 15.2. The molecule has 5 heterocycles. The molecule has 0 aliphatic heterocycles. The molecule has 11 rings (SSSR count). The van der Waals surface area contributed by atoms with Crippen molar-refractivity contribution in [2.75, 3.05) is 0 Å². The van der Waals surface area contributed by atoms with Crippen molar-refractivity contribution in [2.24, 2.45) is 0 Å². The minimum Gasteiger partial charge on any atom is -0.456 e. The van der Waals surface area contributed by atoms with Gasteiger partial charge in [0.1, 0.15) is 16.7 Å². The summed E-state index contributed by atoms with van der Waals surface area (Å²) in [4.78, 5) is 10.4. The fraction of sp³-hybridized carbons (Fsp3) is 0. The Morgan fingerprint density at radius 2 is 1.30 bits per heavy atom. The van der Waals surface area contributed by atoms with Gasteiger partial charge >= 0.3 is 0 Å². The van der Waals surface area contributed by atoms with E-state index in [0.29, 0.717) is 0 Å². The van der Waals surface area contributed by atoms with Gasteiger partial charge in [-0.2, -0.15) is 0 Å². The second kappa shape index (κ2) is 7.65. The van der Waals surface area contributed by atoms with Crippen LogP contribution in [0, 0.1) is 0 Å². The van der Waals surface area contributed by atoms with Gasteiger partial charge in [-0.15, -0.1) is 11.3 Å². The average Bonchev–Trinajstić information content (AvgIpc) is 3.79. The van der Waals surface area contributed by atoms with Gasteiger partial charge < -0.3 is 4.42 Å². The van der Waals surface area contributed by atoms with Crippen LogP contribution < -0.4 is 0 Å². The predicted molar refractivity (Wildman–Crippen MR) is 180 cm³/mol. The highest BCUT2D eigenvalue weighted by molar-refractivity contribution is 7.26. The van der Waals surface area contributed by atoms with Gasteiger partial charge in [-0.3, -0.25) is 4.40 Å². The van der Waals surface area contributed by atoms with Crippen LogP contribution in [0.4, 0.5) is 0 Å². The number of furan rings is 1. The molecule has 4 nitrogen and oxygen atoms in total. The first-order chi connectivity index (χ1) is 21.3. The fourth-order valence-electron chi connectivity index (χ4n) is 7.19. The van der Waals surface area contributed by atoms with Crippen molar-refractivity contribution in [2.45, 2.75) is 0 Å². The van der Waals surface area contributed by atoms with Crippen LogP contribution in [0.1, 0.15) is 0 Å². The lowest BCUT2D eigenvalue weighted by Gasteiger charge is -2.05. The number of rotatable bonds is 1. The Kier molecular flexibility index (Phi) is 3.94. The first kappa shape index (κ1) is 22.1. The van der Waals surface area contributed by atoms with Crippen molar-refractivity contribution in [1.82, 2.24) is 14.4 Å². The lowest BCUT2D eigenvalue weighted by atomic mass is 10.0. The van der Waals surface area contributed by atoms with E-state index in [2.05, 4.69) is 95.4 Å². The highest BCUT2D eigenvalue weighted by atomic mass is 32.1. The molecule has 0 saturated heterocycles. The topological polar surface area (TPSA) is 43.3 Å². The summed E-state index contributed by atoms with van der Waals surface area (Å²) in [6, 6.07) is 40.9. The van der Waals surface area contributed by atoms with E-state index >= 15 is 0 Å². The summed E-state index contributed by atoms with van der Waals surface area (Å²) in [6.07, 6.45) is 0. The summed E-state index contributed by atoms with van der Waals surface area (Å²) in [6.45, 7) is 0. The molecule has 0 atom stereocenters. The number of benzene rings is 6. The number of nitrogens with zero attached hydrogens (tertiary/aromatic N) is 3. The molecular formula is C38H19N3OS. The molecule has 5 heteroatoms. The zero-order chi connectivity index (χ0) is 27.8. The first-order valence-electron chi connectivity index (χ1n) is 14.4. The largest absolute Gasteiger partial charge is 0.456 e. The molecule has 0 amide bonds. The van der Waals surface area contributed by atoms with E-state index in [1.807, 2.05) is 35.6 Å². The van der Waals surface area contributed by atoms with Crippen LogP contribution in [0.25, 0.3) is 103 Å². The van der Waals surface area contributed by atoms with Crippen molar-refractivity contribution >= 4 is 103 Å². The van der Waals surface area contributed by atoms with Crippen molar-refractivity contribution in [3.63, 3.8) is 0 Å². The van der Waals surface area contributed by atoms with E-state index in [0.717, 1.165) is 66.2 Å². The Hall–Kier alpha value is -5.52. The molecule has 0 N–H and O–H groups in total. The molecule has 0 spiro atoms. The van der Waals surface area contributed by atoms with Gasteiger partial charge in [0.05, 0.1) is 22.1 Å². The molecule has 0 fully saturated rings. The smallest absolute Gasteiger partial charge is 0.165 e. The fourth-order valence-corrected chi connectivity index (χ4v) is 8.43. The molecule has 0 unspecified atom stereocenters. The van der Waals surface area contributed by atoms with E-state index < -0.39 is 0 Å². The van der Waals surface area contributed by atoms with Crippen molar-refractivity contribution in [3.8, 4) is 11.1 Å².